The van der Waals surface area contributed by atoms with Crippen LogP contribution in [-0.4, -0.2) is 29.3 Å². The number of nitriles is 1. The molecule has 0 spiro atoms. The van der Waals surface area contributed by atoms with E-state index < -0.39 is 5.60 Å². The van der Waals surface area contributed by atoms with Gasteiger partial charge in [0.25, 0.3) is 0 Å². The second-order valence-electron chi connectivity index (χ2n) is 8.43. The van der Waals surface area contributed by atoms with Crippen molar-refractivity contribution in [2.45, 2.75) is 65.6 Å². The first kappa shape index (κ1) is 22.9. The lowest BCUT2D eigenvalue weighted by Crippen LogP contribution is -2.38. The first-order valence-electron chi connectivity index (χ1n) is 11.4. The first-order chi connectivity index (χ1) is 15.9. The average Bonchev–Trinajstić information content (AvgIpc) is 3.39. The van der Waals surface area contributed by atoms with Gasteiger partial charge < -0.3 is 23.7 Å². The number of hydrogen-bond donors (Lipinski definition) is 1. The van der Waals surface area contributed by atoms with E-state index in [4.69, 9.17) is 18.7 Å². The number of nitrogens with zero attached hydrogens (tertiary/aromatic N) is 2. The number of H-pyrrole nitrogens is 1. The molecule has 2 aromatic heterocycles. The lowest BCUT2D eigenvalue weighted by atomic mass is 9.84. The summed E-state index contributed by atoms with van der Waals surface area (Å²) in [5, 5.41) is 14.8. The summed E-state index contributed by atoms with van der Waals surface area (Å²) in [6.45, 7) is 8.69. The predicted molar refractivity (Wildman–Crippen MR) is 121 cm³/mol. The fourth-order valence-corrected chi connectivity index (χ4v) is 4.76. The van der Waals surface area contributed by atoms with Gasteiger partial charge in [-0.1, -0.05) is 18.5 Å². The third kappa shape index (κ3) is 4.21. The van der Waals surface area contributed by atoms with Crippen LogP contribution in [0.25, 0.3) is 10.9 Å². The van der Waals surface area contributed by atoms with Crippen LogP contribution < -0.4 is 4.74 Å². The standard InChI is InChI=1S/C25H29N3O5/c1-5-8-25(12-21(29)30-6-2)24-19(7-9-32-25)22-17(13-26)11-20(16(4)23(22)27-24)31-14-18-10-15(3)33-28-18/h10-11,27H,5-9,12,14H2,1-4H3/t25-/m1/s1. The molecule has 0 unspecified atom stereocenters. The van der Waals surface area contributed by atoms with Crippen LogP contribution in [0.3, 0.4) is 0 Å². The van der Waals surface area contributed by atoms with E-state index in [1.807, 2.05) is 19.9 Å². The Balaban J connectivity index is 1.80. The minimum Gasteiger partial charge on any atom is -0.487 e. The number of ether oxygens (including phenoxy) is 3. The molecular weight excluding hydrogens is 422 g/mol. The van der Waals surface area contributed by atoms with Gasteiger partial charge in [-0.2, -0.15) is 5.26 Å². The summed E-state index contributed by atoms with van der Waals surface area (Å²) < 4.78 is 22.6. The molecule has 0 aliphatic carbocycles. The summed E-state index contributed by atoms with van der Waals surface area (Å²) >= 11 is 0. The van der Waals surface area contributed by atoms with Gasteiger partial charge in [0.1, 0.15) is 29.4 Å². The van der Waals surface area contributed by atoms with Gasteiger partial charge in [-0.3, -0.25) is 4.79 Å². The summed E-state index contributed by atoms with van der Waals surface area (Å²) in [6, 6.07) is 5.93. The molecule has 1 aliphatic rings. The summed E-state index contributed by atoms with van der Waals surface area (Å²) in [5.41, 5.74) is 4.03. The predicted octanol–water partition coefficient (Wildman–Crippen LogP) is 4.74. The highest BCUT2D eigenvalue weighted by atomic mass is 16.5. The number of fused-ring (bicyclic) bond motifs is 3. The van der Waals surface area contributed by atoms with Gasteiger partial charge in [-0.25, -0.2) is 0 Å². The molecule has 1 atom stereocenters. The van der Waals surface area contributed by atoms with Crippen molar-refractivity contribution in [3.05, 3.63) is 46.0 Å². The van der Waals surface area contributed by atoms with Crippen LogP contribution in [-0.2, 0) is 32.9 Å². The van der Waals surface area contributed by atoms with E-state index in [1.165, 1.54) is 0 Å². The second-order valence-corrected chi connectivity index (χ2v) is 8.43. The van der Waals surface area contributed by atoms with Crippen molar-refractivity contribution in [3.63, 3.8) is 0 Å². The zero-order valence-electron chi connectivity index (χ0n) is 19.5. The molecule has 1 aromatic carbocycles. The maximum Gasteiger partial charge on any atom is 0.309 e. The Kier molecular flexibility index (Phi) is 6.43. The van der Waals surface area contributed by atoms with Crippen molar-refractivity contribution in [2.75, 3.05) is 13.2 Å². The Morgan fingerprint density at radius 3 is 2.82 bits per heavy atom. The summed E-state index contributed by atoms with van der Waals surface area (Å²) in [4.78, 5) is 16.0. The van der Waals surface area contributed by atoms with Crippen molar-refractivity contribution in [1.82, 2.24) is 10.1 Å². The molecule has 1 N–H and O–H groups in total. The van der Waals surface area contributed by atoms with Gasteiger partial charge in [0.05, 0.1) is 42.5 Å². The molecular formula is C25H29N3O5. The Hall–Kier alpha value is -3.31. The van der Waals surface area contributed by atoms with Gasteiger partial charge in [0.15, 0.2) is 0 Å². The number of benzene rings is 1. The van der Waals surface area contributed by atoms with E-state index in [-0.39, 0.29) is 19.0 Å². The Labute approximate surface area is 192 Å². The van der Waals surface area contributed by atoms with E-state index in [9.17, 15) is 10.1 Å². The monoisotopic (exact) mass is 451 g/mol. The smallest absolute Gasteiger partial charge is 0.309 e. The van der Waals surface area contributed by atoms with E-state index in [2.05, 4.69) is 23.1 Å². The lowest BCUT2D eigenvalue weighted by molar-refractivity contribution is -0.155. The van der Waals surface area contributed by atoms with Gasteiger partial charge in [-0.15, -0.1) is 0 Å². The number of aromatic amines is 1. The Morgan fingerprint density at radius 1 is 1.33 bits per heavy atom. The maximum atomic E-state index is 12.5. The Bertz CT molecular complexity index is 1220. The third-order valence-corrected chi connectivity index (χ3v) is 6.14. The second kappa shape index (κ2) is 9.28. The number of hydrogen-bond acceptors (Lipinski definition) is 7. The van der Waals surface area contributed by atoms with Gasteiger partial charge >= 0.3 is 5.97 Å². The minimum absolute atomic E-state index is 0.129. The molecule has 174 valence electrons. The zero-order chi connectivity index (χ0) is 23.6. The van der Waals surface area contributed by atoms with Crippen LogP contribution >= 0.6 is 0 Å². The first-order valence-corrected chi connectivity index (χ1v) is 11.4. The zero-order valence-corrected chi connectivity index (χ0v) is 19.5. The summed E-state index contributed by atoms with van der Waals surface area (Å²) in [7, 11) is 0. The highest BCUT2D eigenvalue weighted by molar-refractivity contribution is 5.94. The van der Waals surface area contributed by atoms with Crippen LogP contribution in [0.15, 0.2) is 16.7 Å². The molecule has 3 heterocycles. The molecule has 0 bridgehead atoms. The molecule has 0 radical (unpaired) electrons. The molecule has 0 saturated carbocycles. The van der Waals surface area contributed by atoms with Crippen LogP contribution in [0.1, 0.15) is 66.9 Å². The molecule has 3 aromatic rings. The topological polar surface area (TPSA) is 110 Å². The van der Waals surface area contributed by atoms with Crippen LogP contribution in [0.4, 0.5) is 0 Å². The quantitative estimate of drug-likeness (QED) is 0.492. The van der Waals surface area contributed by atoms with Crippen molar-refractivity contribution < 1.29 is 23.5 Å². The van der Waals surface area contributed by atoms with Crippen molar-refractivity contribution in [1.29, 1.82) is 5.26 Å². The molecule has 0 amide bonds. The lowest BCUT2D eigenvalue weighted by Gasteiger charge is -2.36. The number of rotatable bonds is 8. The molecule has 8 heteroatoms. The minimum atomic E-state index is -0.800. The number of aryl methyl sites for hydroxylation is 2. The fourth-order valence-electron chi connectivity index (χ4n) is 4.76. The van der Waals surface area contributed by atoms with Crippen molar-refractivity contribution >= 4 is 16.9 Å². The normalized spacial score (nSPS) is 17.5. The van der Waals surface area contributed by atoms with E-state index in [1.54, 1.807) is 13.0 Å². The van der Waals surface area contributed by atoms with Crippen LogP contribution in [0, 0.1) is 25.2 Å². The molecule has 4 rings (SSSR count). The summed E-state index contributed by atoms with van der Waals surface area (Å²) in [5.74, 6) is 1.02. The fraction of sp³-hybridized carbons (Fsp3) is 0.480. The van der Waals surface area contributed by atoms with Crippen molar-refractivity contribution in [2.24, 2.45) is 0 Å². The van der Waals surface area contributed by atoms with Crippen LogP contribution in [0.5, 0.6) is 5.75 Å². The number of nitrogens with one attached hydrogen (secondary N) is 1. The largest absolute Gasteiger partial charge is 0.487 e. The molecule has 0 fully saturated rings. The Morgan fingerprint density at radius 2 is 2.15 bits per heavy atom. The number of carbonyl (C=O) groups is 1. The molecule has 8 nitrogen and oxygen atoms in total. The van der Waals surface area contributed by atoms with Gasteiger partial charge in [0.2, 0.25) is 0 Å². The number of aromatic nitrogens is 2. The molecule has 0 saturated heterocycles. The third-order valence-electron chi connectivity index (χ3n) is 6.14. The molecule has 33 heavy (non-hydrogen) atoms. The highest BCUT2D eigenvalue weighted by Gasteiger charge is 2.42. The van der Waals surface area contributed by atoms with E-state index in [0.29, 0.717) is 48.8 Å². The van der Waals surface area contributed by atoms with Gasteiger partial charge in [0, 0.05) is 17.0 Å². The SMILES string of the molecule is CCC[C@]1(CC(=O)OCC)OCCc2c1[nH]c1c(C)c(OCc3cc(C)on3)cc(C#N)c21. The summed E-state index contributed by atoms with van der Waals surface area (Å²) in [6.07, 6.45) is 2.30. The van der Waals surface area contributed by atoms with Gasteiger partial charge in [-0.05, 0) is 45.2 Å². The highest BCUT2D eigenvalue weighted by Crippen LogP contribution is 2.45. The number of esters is 1. The van der Waals surface area contributed by atoms with E-state index >= 15 is 0 Å². The van der Waals surface area contributed by atoms with Crippen molar-refractivity contribution in [3.8, 4) is 11.8 Å². The average molecular weight is 452 g/mol. The van der Waals surface area contributed by atoms with Crippen LogP contribution in [0.2, 0.25) is 0 Å². The van der Waals surface area contributed by atoms with E-state index in [0.717, 1.165) is 34.1 Å². The maximum absolute atomic E-state index is 12.5. The number of carbonyl (C=O) groups excluding carboxylic acids is 1. The molecule has 1 aliphatic heterocycles.